The van der Waals surface area contributed by atoms with E-state index in [9.17, 15) is 0 Å². The molecule has 3 rings (SSSR count). The minimum Gasteiger partial charge on any atom is -0.236 e. The molecule has 21 heavy (non-hydrogen) atoms. The molecule has 0 N–H and O–H groups in total. The summed E-state index contributed by atoms with van der Waals surface area (Å²) in [4.78, 5) is 8.94. The molecular weight excluding hydrogens is 436 g/mol. The number of aromatic nitrogens is 2. The van der Waals surface area contributed by atoms with Crippen LogP contribution in [0.15, 0.2) is 60.9 Å². The Balaban J connectivity index is 0.00000161. The van der Waals surface area contributed by atoms with E-state index in [1.165, 1.54) is 11.1 Å². The first kappa shape index (κ1) is 15.6. The van der Waals surface area contributed by atoms with E-state index in [1.54, 1.807) is 6.33 Å². The second-order valence-corrected chi connectivity index (χ2v) is 4.88. The molecule has 0 atom stereocenters. The van der Waals surface area contributed by atoms with Crippen molar-refractivity contribution in [3.63, 3.8) is 0 Å². The van der Waals surface area contributed by atoms with Crippen LogP contribution in [0.4, 0.5) is 0 Å². The fourth-order valence-electron chi connectivity index (χ4n) is 2.45. The SMILES string of the molecule is Cc1ccccc1-c1ncnc(-c2ccccc2)c1C.[Ir]. The van der Waals surface area contributed by atoms with Gasteiger partial charge in [-0.1, -0.05) is 54.6 Å². The summed E-state index contributed by atoms with van der Waals surface area (Å²) >= 11 is 0. The topological polar surface area (TPSA) is 25.8 Å². The molecule has 0 unspecified atom stereocenters. The number of hydrogen-bond acceptors (Lipinski definition) is 2. The van der Waals surface area contributed by atoms with Crippen LogP contribution in [-0.2, 0) is 20.1 Å². The van der Waals surface area contributed by atoms with E-state index in [1.807, 2.05) is 30.3 Å². The summed E-state index contributed by atoms with van der Waals surface area (Å²) in [5, 5.41) is 0. The van der Waals surface area contributed by atoms with Crippen molar-refractivity contribution in [1.29, 1.82) is 0 Å². The second-order valence-electron chi connectivity index (χ2n) is 4.88. The minimum atomic E-state index is 0. The van der Waals surface area contributed by atoms with Crippen molar-refractivity contribution in [2.24, 2.45) is 0 Å². The van der Waals surface area contributed by atoms with Gasteiger partial charge in [0.15, 0.2) is 0 Å². The van der Waals surface area contributed by atoms with Crippen LogP contribution in [-0.4, -0.2) is 9.97 Å². The summed E-state index contributed by atoms with van der Waals surface area (Å²) < 4.78 is 0. The van der Waals surface area contributed by atoms with Gasteiger partial charge in [-0.15, -0.1) is 0 Å². The van der Waals surface area contributed by atoms with Gasteiger partial charge >= 0.3 is 0 Å². The van der Waals surface area contributed by atoms with Gasteiger partial charge in [0, 0.05) is 36.8 Å². The van der Waals surface area contributed by atoms with Crippen LogP contribution >= 0.6 is 0 Å². The Kier molecular flexibility index (Phi) is 5.00. The van der Waals surface area contributed by atoms with Gasteiger partial charge in [-0.3, -0.25) is 0 Å². The van der Waals surface area contributed by atoms with Crippen molar-refractivity contribution in [3.05, 3.63) is 72.1 Å². The van der Waals surface area contributed by atoms with Crippen molar-refractivity contribution in [2.45, 2.75) is 13.8 Å². The van der Waals surface area contributed by atoms with Crippen LogP contribution in [0, 0.1) is 13.8 Å². The van der Waals surface area contributed by atoms with Crippen LogP contribution in [0.2, 0.25) is 0 Å². The second kappa shape index (κ2) is 6.75. The Morgan fingerprint density at radius 3 is 2.05 bits per heavy atom. The Morgan fingerprint density at radius 1 is 0.714 bits per heavy atom. The molecular formula is C18H16IrN2. The van der Waals surface area contributed by atoms with Crippen LogP contribution < -0.4 is 0 Å². The zero-order valence-electron chi connectivity index (χ0n) is 12.0. The fourth-order valence-corrected chi connectivity index (χ4v) is 2.45. The molecule has 1 radical (unpaired) electrons. The third-order valence-electron chi connectivity index (χ3n) is 3.53. The largest absolute Gasteiger partial charge is 0.236 e. The molecule has 107 valence electrons. The first-order chi connectivity index (χ1) is 9.77. The molecule has 0 aliphatic carbocycles. The summed E-state index contributed by atoms with van der Waals surface area (Å²) in [6.07, 6.45) is 1.65. The maximum Gasteiger partial charge on any atom is 0.116 e. The molecule has 0 saturated carbocycles. The molecule has 0 aliphatic rings. The van der Waals surface area contributed by atoms with Crippen LogP contribution in [0.5, 0.6) is 0 Å². The van der Waals surface area contributed by atoms with Gasteiger partial charge in [0.1, 0.15) is 6.33 Å². The first-order valence-electron chi connectivity index (χ1n) is 6.70. The molecule has 0 amide bonds. The zero-order valence-corrected chi connectivity index (χ0v) is 14.4. The predicted molar refractivity (Wildman–Crippen MR) is 82.4 cm³/mol. The smallest absolute Gasteiger partial charge is 0.116 e. The molecule has 1 aromatic heterocycles. The van der Waals surface area contributed by atoms with Gasteiger partial charge in [-0.25, -0.2) is 9.97 Å². The average molecular weight is 453 g/mol. The van der Waals surface area contributed by atoms with Crippen molar-refractivity contribution >= 4 is 0 Å². The van der Waals surface area contributed by atoms with Crippen molar-refractivity contribution in [3.8, 4) is 22.5 Å². The van der Waals surface area contributed by atoms with E-state index in [-0.39, 0.29) is 20.1 Å². The summed E-state index contributed by atoms with van der Waals surface area (Å²) in [5.41, 5.74) is 6.66. The maximum absolute atomic E-state index is 4.48. The number of rotatable bonds is 2. The number of aryl methyl sites for hydroxylation is 1. The Morgan fingerprint density at radius 2 is 1.33 bits per heavy atom. The fraction of sp³-hybridized carbons (Fsp3) is 0.111. The first-order valence-corrected chi connectivity index (χ1v) is 6.70. The molecule has 1 heterocycles. The molecule has 0 spiro atoms. The van der Waals surface area contributed by atoms with Crippen LogP contribution in [0.3, 0.4) is 0 Å². The molecule has 3 heteroatoms. The molecule has 0 fully saturated rings. The predicted octanol–water partition coefficient (Wildman–Crippen LogP) is 4.42. The summed E-state index contributed by atoms with van der Waals surface area (Å²) in [5.74, 6) is 0. The molecule has 0 aliphatic heterocycles. The third-order valence-corrected chi connectivity index (χ3v) is 3.53. The molecule has 0 bridgehead atoms. The average Bonchev–Trinajstić information content (AvgIpc) is 2.49. The van der Waals surface area contributed by atoms with E-state index in [0.717, 1.165) is 22.5 Å². The van der Waals surface area contributed by atoms with Crippen LogP contribution in [0.1, 0.15) is 11.1 Å². The van der Waals surface area contributed by atoms with Gasteiger partial charge in [-0.2, -0.15) is 0 Å². The van der Waals surface area contributed by atoms with E-state index >= 15 is 0 Å². The van der Waals surface area contributed by atoms with Gasteiger partial charge < -0.3 is 0 Å². The van der Waals surface area contributed by atoms with Gasteiger partial charge in [0.25, 0.3) is 0 Å². The van der Waals surface area contributed by atoms with Crippen molar-refractivity contribution < 1.29 is 20.1 Å². The number of nitrogens with zero attached hydrogens (tertiary/aromatic N) is 2. The standard InChI is InChI=1S/C18H16N2.Ir/c1-13-8-6-7-11-16(13)18-14(2)17(19-12-20-18)15-9-4-3-5-10-15;/h3-12H,1-2H3;. The van der Waals surface area contributed by atoms with Crippen molar-refractivity contribution in [1.82, 2.24) is 9.97 Å². The van der Waals surface area contributed by atoms with E-state index < -0.39 is 0 Å². The van der Waals surface area contributed by atoms with Gasteiger partial charge in [0.05, 0.1) is 11.4 Å². The zero-order chi connectivity index (χ0) is 13.9. The Labute approximate surface area is 138 Å². The normalized spacial score (nSPS) is 10.0. The van der Waals surface area contributed by atoms with Gasteiger partial charge in [0.2, 0.25) is 0 Å². The van der Waals surface area contributed by atoms with E-state index in [2.05, 4.69) is 48.1 Å². The summed E-state index contributed by atoms with van der Waals surface area (Å²) in [6.45, 7) is 4.20. The number of hydrogen-bond donors (Lipinski definition) is 0. The molecule has 0 saturated heterocycles. The van der Waals surface area contributed by atoms with E-state index in [4.69, 9.17) is 0 Å². The maximum atomic E-state index is 4.48. The van der Waals surface area contributed by atoms with Crippen molar-refractivity contribution in [2.75, 3.05) is 0 Å². The van der Waals surface area contributed by atoms with E-state index in [0.29, 0.717) is 0 Å². The Bertz CT molecular complexity index is 739. The minimum absolute atomic E-state index is 0. The van der Waals surface area contributed by atoms with Gasteiger partial charge in [-0.05, 0) is 19.4 Å². The summed E-state index contributed by atoms with van der Waals surface area (Å²) in [6, 6.07) is 18.6. The quantitative estimate of drug-likeness (QED) is 0.575. The molecule has 3 aromatic rings. The Hall–Kier alpha value is -1.83. The third kappa shape index (κ3) is 3.10. The molecule has 2 aromatic carbocycles. The summed E-state index contributed by atoms with van der Waals surface area (Å²) in [7, 11) is 0. The number of benzene rings is 2. The van der Waals surface area contributed by atoms with Crippen LogP contribution in [0.25, 0.3) is 22.5 Å². The molecule has 2 nitrogen and oxygen atoms in total. The monoisotopic (exact) mass is 453 g/mol.